The first-order valence-corrected chi connectivity index (χ1v) is 7.62. The van der Waals surface area contributed by atoms with E-state index in [1.54, 1.807) is 12.2 Å². The van der Waals surface area contributed by atoms with Crippen molar-refractivity contribution in [2.24, 2.45) is 11.8 Å². The van der Waals surface area contributed by atoms with E-state index in [1.807, 2.05) is 17.0 Å². The number of nitrogens with zero attached hydrogens (tertiary/aromatic N) is 1. The molecule has 1 saturated carbocycles. The summed E-state index contributed by atoms with van der Waals surface area (Å²) in [5.74, 6) is 1.46. The summed E-state index contributed by atoms with van der Waals surface area (Å²) in [5, 5.41) is 9.84. The van der Waals surface area contributed by atoms with Crippen LogP contribution in [0.4, 0.5) is 0 Å². The van der Waals surface area contributed by atoms with Crippen LogP contribution in [0.25, 0.3) is 6.08 Å². The largest absolute Gasteiger partial charge is 0.451 e. The molecule has 1 N–H and O–H groups in total. The summed E-state index contributed by atoms with van der Waals surface area (Å²) in [4.78, 5) is 13.9. The number of likely N-dealkylation sites (tertiary alicyclic amines) is 1. The number of hydrogen-bond donors (Lipinski definition) is 1. The van der Waals surface area contributed by atoms with Gasteiger partial charge in [-0.2, -0.15) is 0 Å². The topological polar surface area (TPSA) is 53.7 Å². The van der Waals surface area contributed by atoms with Crippen molar-refractivity contribution in [3.8, 4) is 0 Å². The number of halogens is 1. The van der Waals surface area contributed by atoms with Crippen LogP contribution in [0, 0.1) is 15.6 Å². The molecule has 1 amide bonds. The fourth-order valence-corrected chi connectivity index (χ4v) is 3.53. The van der Waals surface area contributed by atoms with E-state index in [0.29, 0.717) is 18.2 Å². The van der Waals surface area contributed by atoms with E-state index in [4.69, 9.17) is 4.42 Å². The van der Waals surface area contributed by atoms with Gasteiger partial charge in [0, 0.05) is 25.1 Å². The molecule has 1 saturated heterocycles. The molecule has 19 heavy (non-hydrogen) atoms. The van der Waals surface area contributed by atoms with Crippen LogP contribution in [0.3, 0.4) is 0 Å². The smallest absolute Gasteiger partial charge is 0.246 e. The summed E-state index contributed by atoms with van der Waals surface area (Å²) in [6, 6.07) is 3.70. The highest BCUT2D eigenvalue weighted by atomic mass is 127. The van der Waals surface area contributed by atoms with Gasteiger partial charge in [-0.25, -0.2) is 0 Å². The van der Waals surface area contributed by atoms with Crippen LogP contribution in [0.15, 0.2) is 22.6 Å². The summed E-state index contributed by atoms with van der Waals surface area (Å²) < 4.78 is 6.19. The van der Waals surface area contributed by atoms with Crippen LogP contribution in [0.1, 0.15) is 18.6 Å². The molecule has 1 aliphatic heterocycles. The normalized spacial score (nSPS) is 30.2. The Morgan fingerprint density at radius 1 is 1.42 bits per heavy atom. The molecule has 3 rings (SSSR count). The number of amides is 1. The van der Waals surface area contributed by atoms with Crippen LogP contribution in [-0.2, 0) is 4.79 Å². The Morgan fingerprint density at radius 3 is 2.95 bits per heavy atom. The Hall–Kier alpha value is -0.820. The zero-order valence-corrected chi connectivity index (χ0v) is 12.6. The van der Waals surface area contributed by atoms with E-state index >= 15 is 0 Å². The highest BCUT2D eigenvalue weighted by Crippen LogP contribution is 2.38. The Bertz CT molecular complexity index is 511. The van der Waals surface area contributed by atoms with Gasteiger partial charge in [-0.3, -0.25) is 4.79 Å². The molecule has 3 atom stereocenters. The molecular formula is C14H16INO3. The summed E-state index contributed by atoms with van der Waals surface area (Å²) in [7, 11) is 0. The van der Waals surface area contributed by atoms with Crippen molar-refractivity contribution in [1.82, 2.24) is 4.90 Å². The van der Waals surface area contributed by atoms with E-state index < -0.39 is 0 Å². The second kappa shape index (κ2) is 5.28. The van der Waals surface area contributed by atoms with E-state index in [-0.39, 0.29) is 17.9 Å². The number of furan rings is 1. The minimum atomic E-state index is -0.224. The third-order valence-electron chi connectivity index (χ3n) is 4.11. The molecule has 4 nitrogen and oxygen atoms in total. The molecule has 0 bridgehead atoms. The first kappa shape index (κ1) is 13.2. The number of hydrogen-bond acceptors (Lipinski definition) is 3. The monoisotopic (exact) mass is 373 g/mol. The minimum absolute atomic E-state index is 0.00741. The second-order valence-electron chi connectivity index (χ2n) is 5.29. The third-order valence-corrected chi connectivity index (χ3v) is 4.69. The van der Waals surface area contributed by atoms with Crippen LogP contribution >= 0.6 is 22.6 Å². The molecule has 2 aliphatic rings. The lowest BCUT2D eigenvalue weighted by Gasteiger charge is -2.16. The minimum Gasteiger partial charge on any atom is -0.451 e. The Labute approximate surface area is 125 Å². The maximum absolute atomic E-state index is 12.1. The molecule has 1 aromatic heterocycles. The van der Waals surface area contributed by atoms with E-state index in [9.17, 15) is 9.90 Å². The van der Waals surface area contributed by atoms with Crippen molar-refractivity contribution in [2.75, 3.05) is 13.1 Å². The van der Waals surface area contributed by atoms with E-state index in [2.05, 4.69) is 22.6 Å². The molecule has 0 spiro atoms. The predicted molar refractivity (Wildman–Crippen MR) is 79.3 cm³/mol. The van der Waals surface area contributed by atoms with Gasteiger partial charge in [-0.05, 0) is 59.6 Å². The summed E-state index contributed by atoms with van der Waals surface area (Å²) >= 11 is 2.09. The Kier molecular flexibility index (Phi) is 3.66. The van der Waals surface area contributed by atoms with Crippen LogP contribution < -0.4 is 0 Å². The first-order chi connectivity index (χ1) is 9.13. The summed E-state index contributed by atoms with van der Waals surface area (Å²) in [5.41, 5.74) is 0. The molecule has 1 aromatic rings. The van der Waals surface area contributed by atoms with Crippen molar-refractivity contribution in [3.63, 3.8) is 0 Å². The summed E-state index contributed by atoms with van der Waals surface area (Å²) in [6.45, 7) is 1.46. The lowest BCUT2D eigenvalue weighted by Crippen LogP contribution is -2.29. The zero-order chi connectivity index (χ0) is 13.4. The fraction of sp³-hybridized carbons (Fsp3) is 0.500. The van der Waals surface area contributed by atoms with Crippen molar-refractivity contribution in [1.29, 1.82) is 0 Å². The Balaban J connectivity index is 1.61. The summed E-state index contributed by atoms with van der Waals surface area (Å²) in [6.07, 6.45) is 4.96. The lowest BCUT2D eigenvalue weighted by atomic mass is 10.00. The molecule has 0 aromatic carbocycles. The van der Waals surface area contributed by atoms with Gasteiger partial charge in [0.2, 0.25) is 5.91 Å². The zero-order valence-electron chi connectivity index (χ0n) is 10.5. The van der Waals surface area contributed by atoms with Crippen molar-refractivity contribution >= 4 is 34.6 Å². The highest BCUT2D eigenvalue weighted by molar-refractivity contribution is 14.1. The van der Waals surface area contributed by atoms with E-state index in [1.165, 1.54) is 0 Å². The van der Waals surface area contributed by atoms with Gasteiger partial charge in [-0.15, -0.1) is 0 Å². The number of carbonyl (C=O) groups excluding carboxylic acids is 1. The molecule has 2 fully saturated rings. The average Bonchev–Trinajstić information content (AvgIpc) is 3.05. The maximum atomic E-state index is 12.1. The second-order valence-corrected chi connectivity index (χ2v) is 6.35. The van der Waals surface area contributed by atoms with E-state index in [0.717, 1.165) is 23.2 Å². The third kappa shape index (κ3) is 2.72. The van der Waals surface area contributed by atoms with Gasteiger partial charge in [0.05, 0.1) is 6.10 Å². The van der Waals surface area contributed by atoms with Crippen LogP contribution in [0.2, 0.25) is 0 Å². The van der Waals surface area contributed by atoms with Crippen molar-refractivity contribution in [3.05, 3.63) is 27.7 Å². The van der Waals surface area contributed by atoms with Gasteiger partial charge in [0.15, 0.2) is 3.77 Å². The fourth-order valence-electron chi connectivity index (χ4n) is 3.09. The van der Waals surface area contributed by atoms with Gasteiger partial charge in [0.25, 0.3) is 0 Å². The molecule has 5 heteroatoms. The SMILES string of the molecule is O=C(/C=C/c1ccc(I)o1)N1CC2CCC(O)C2C1. The van der Waals surface area contributed by atoms with Gasteiger partial charge in [0.1, 0.15) is 5.76 Å². The molecular weight excluding hydrogens is 357 g/mol. The first-order valence-electron chi connectivity index (χ1n) is 6.54. The molecule has 3 unspecified atom stereocenters. The number of aliphatic hydroxyl groups is 1. The molecule has 0 radical (unpaired) electrons. The van der Waals surface area contributed by atoms with Gasteiger partial charge in [-0.1, -0.05) is 0 Å². The average molecular weight is 373 g/mol. The maximum Gasteiger partial charge on any atom is 0.246 e. The molecule has 2 heterocycles. The van der Waals surface area contributed by atoms with Crippen molar-refractivity contribution < 1.29 is 14.3 Å². The number of aliphatic hydroxyl groups excluding tert-OH is 1. The van der Waals surface area contributed by atoms with Crippen molar-refractivity contribution in [2.45, 2.75) is 18.9 Å². The van der Waals surface area contributed by atoms with Gasteiger partial charge >= 0.3 is 0 Å². The lowest BCUT2D eigenvalue weighted by molar-refractivity contribution is -0.125. The quantitative estimate of drug-likeness (QED) is 0.639. The van der Waals surface area contributed by atoms with Crippen LogP contribution in [0.5, 0.6) is 0 Å². The van der Waals surface area contributed by atoms with Crippen LogP contribution in [-0.4, -0.2) is 35.1 Å². The predicted octanol–water partition coefficient (Wildman–Crippen LogP) is 2.13. The van der Waals surface area contributed by atoms with Gasteiger partial charge < -0.3 is 14.4 Å². The Morgan fingerprint density at radius 2 is 2.26 bits per heavy atom. The molecule has 102 valence electrons. The number of fused-ring (bicyclic) bond motifs is 1. The standard InChI is InChI=1S/C14H16INO3/c15-13-5-2-10(19-13)3-6-14(18)16-7-9-1-4-12(17)11(9)8-16/h2-3,5-6,9,11-12,17H,1,4,7-8H2/b6-3+. The molecule has 1 aliphatic carbocycles. The highest BCUT2D eigenvalue weighted by Gasteiger charge is 2.42. The number of carbonyl (C=O) groups is 1. The number of rotatable bonds is 2.